The zero-order valence-corrected chi connectivity index (χ0v) is 31.9. The summed E-state index contributed by atoms with van der Waals surface area (Å²) in [5, 5.41) is 11.2. The standard InChI is InChI=1S/C38H53N7O6S/c1-7-22(3)30-35-40-27(21-52-35)36(49)43(6)24(5)32(46)39-26(20-25-14-10-9-11-15-25)37(50)44-18-12-16-28(44)34(48)42-31(23(4)8-2)38(51)45-19-13-17-29(45)33(47)41-30/h9-11,14-15,21-24,26,28-31H,7-8,12-13,16-20H2,1-6H3,(H,39,46)(H,41,47)(H,42,48)/t22-,23-,24-,26-,28-,29-,30-,31-/m0/s1. The van der Waals surface area contributed by atoms with Crippen molar-refractivity contribution in [3.8, 4) is 0 Å². The Morgan fingerprint density at radius 2 is 1.35 bits per heavy atom. The molecule has 3 aliphatic rings. The second-order valence-electron chi connectivity index (χ2n) is 14.5. The average Bonchev–Trinajstić information content (AvgIpc) is 3.95. The van der Waals surface area contributed by atoms with Gasteiger partial charge in [0.15, 0.2) is 0 Å². The maximum atomic E-state index is 14.3. The highest BCUT2D eigenvalue weighted by atomic mass is 32.1. The summed E-state index contributed by atoms with van der Waals surface area (Å²) in [7, 11) is 1.52. The van der Waals surface area contributed by atoms with Crippen LogP contribution in [-0.2, 0) is 30.4 Å². The van der Waals surface area contributed by atoms with Gasteiger partial charge < -0.3 is 30.7 Å². The molecule has 0 radical (unpaired) electrons. The Bertz CT molecular complexity index is 1630. The van der Waals surface area contributed by atoms with E-state index in [9.17, 15) is 28.8 Å². The van der Waals surface area contributed by atoms with Crippen molar-refractivity contribution in [2.24, 2.45) is 11.8 Å². The summed E-state index contributed by atoms with van der Waals surface area (Å²) >= 11 is 1.26. The van der Waals surface area contributed by atoms with E-state index in [0.29, 0.717) is 50.2 Å². The van der Waals surface area contributed by atoms with Gasteiger partial charge in [-0.1, -0.05) is 70.9 Å². The molecule has 8 atom stereocenters. The van der Waals surface area contributed by atoms with E-state index in [1.54, 1.807) is 17.2 Å². The number of nitrogens with zero attached hydrogens (tertiary/aromatic N) is 4. The molecule has 5 rings (SSSR count). The normalized spacial score (nSPS) is 28.0. The zero-order chi connectivity index (χ0) is 37.7. The molecule has 13 nitrogen and oxygen atoms in total. The van der Waals surface area contributed by atoms with E-state index in [0.717, 1.165) is 12.0 Å². The number of hydrogen-bond acceptors (Lipinski definition) is 8. The van der Waals surface area contributed by atoms with Gasteiger partial charge in [0, 0.05) is 31.9 Å². The monoisotopic (exact) mass is 735 g/mol. The predicted octanol–water partition coefficient (Wildman–Crippen LogP) is 3.06. The van der Waals surface area contributed by atoms with E-state index in [2.05, 4.69) is 20.9 Å². The van der Waals surface area contributed by atoms with Crippen molar-refractivity contribution in [3.05, 3.63) is 52.0 Å². The van der Waals surface area contributed by atoms with E-state index in [1.807, 2.05) is 58.0 Å². The Hall–Kier alpha value is -4.33. The van der Waals surface area contributed by atoms with Gasteiger partial charge in [-0.2, -0.15) is 0 Å². The largest absolute Gasteiger partial charge is 0.345 e. The molecule has 3 aliphatic heterocycles. The predicted molar refractivity (Wildman–Crippen MR) is 197 cm³/mol. The fourth-order valence-electron chi connectivity index (χ4n) is 7.25. The molecule has 2 aromatic rings. The van der Waals surface area contributed by atoms with Crippen LogP contribution in [0.4, 0.5) is 0 Å². The maximum absolute atomic E-state index is 14.3. The lowest BCUT2D eigenvalue weighted by atomic mass is 9.96. The molecule has 0 spiro atoms. The molecule has 14 heteroatoms. The summed E-state index contributed by atoms with van der Waals surface area (Å²) in [6.07, 6.45) is 3.60. The number of carbonyl (C=O) groups is 6. The number of fused-ring (bicyclic) bond motifs is 4. The smallest absolute Gasteiger partial charge is 0.273 e. The van der Waals surface area contributed by atoms with E-state index in [1.165, 1.54) is 28.2 Å². The Balaban J connectivity index is 1.54. The number of hydrogen-bond donors (Lipinski definition) is 3. The molecular weight excluding hydrogens is 683 g/mol. The van der Waals surface area contributed by atoms with Crippen molar-refractivity contribution in [3.63, 3.8) is 0 Å². The SMILES string of the molecule is CC[C@H](C)[C@@H]1NC(=O)[C@@H]2CCCN2C(=O)[C@H](Cc2ccccc2)NC(=O)[C@H](C)N(C)C(=O)c2csc(n2)[C@H]([C@@H](C)CC)NC(=O)[C@@H]2CCCN2C1=O. The van der Waals surface area contributed by atoms with Crippen LogP contribution < -0.4 is 16.0 Å². The second-order valence-corrected chi connectivity index (χ2v) is 15.4. The van der Waals surface area contributed by atoms with E-state index in [-0.39, 0.29) is 35.8 Å². The summed E-state index contributed by atoms with van der Waals surface area (Å²) < 4.78 is 0. The van der Waals surface area contributed by atoms with E-state index < -0.39 is 59.9 Å². The number of nitrogens with one attached hydrogen (secondary N) is 3. The highest BCUT2D eigenvalue weighted by Crippen LogP contribution is 2.30. The number of benzene rings is 1. The van der Waals surface area contributed by atoms with Gasteiger partial charge in [0.25, 0.3) is 5.91 Å². The van der Waals surface area contributed by atoms with Crippen molar-refractivity contribution >= 4 is 46.8 Å². The van der Waals surface area contributed by atoms with E-state index in [4.69, 9.17) is 0 Å². The molecule has 2 saturated heterocycles. The zero-order valence-electron chi connectivity index (χ0n) is 31.1. The molecule has 3 N–H and O–H groups in total. The number of rotatable bonds is 6. The Morgan fingerprint density at radius 3 is 1.94 bits per heavy atom. The third-order valence-electron chi connectivity index (χ3n) is 11.1. The Kier molecular flexibility index (Phi) is 12.7. The van der Waals surface area contributed by atoms with Crippen molar-refractivity contribution < 1.29 is 28.8 Å². The molecular formula is C38H53N7O6S. The third-order valence-corrected chi connectivity index (χ3v) is 12.1. The van der Waals surface area contributed by atoms with Crippen LogP contribution in [0.1, 0.15) is 100 Å². The lowest BCUT2D eigenvalue weighted by Gasteiger charge is -2.34. The van der Waals surface area contributed by atoms with Crippen LogP contribution in [0.15, 0.2) is 35.7 Å². The second kappa shape index (κ2) is 17.0. The fourth-order valence-corrected chi connectivity index (χ4v) is 8.23. The van der Waals surface area contributed by atoms with Gasteiger partial charge in [-0.3, -0.25) is 28.8 Å². The van der Waals surface area contributed by atoms with Gasteiger partial charge >= 0.3 is 0 Å². The molecule has 0 aliphatic carbocycles. The van der Waals surface area contributed by atoms with Crippen molar-refractivity contribution in [1.82, 2.24) is 35.6 Å². The molecule has 0 saturated carbocycles. The first-order valence-electron chi connectivity index (χ1n) is 18.6. The molecule has 2 bridgehead atoms. The number of aromatic nitrogens is 1. The van der Waals surface area contributed by atoms with Crippen LogP contribution in [0.2, 0.25) is 0 Å². The van der Waals surface area contributed by atoms with Gasteiger partial charge in [-0.15, -0.1) is 11.3 Å². The molecule has 52 heavy (non-hydrogen) atoms. The quantitative estimate of drug-likeness (QED) is 0.411. The molecule has 0 unspecified atom stereocenters. The van der Waals surface area contributed by atoms with Crippen molar-refractivity contribution in [2.45, 2.75) is 116 Å². The summed E-state index contributed by atoms with van der Waals surface area (Å²) in [5.74, 6) is -2.76. The molecule has 1 aromatic heterocycles. The van der Waals surface area contributed by atoms with Crippen molar-refractivity contribution in [1.29, 1.82) is 0 Å². The Labute approximate surface area is 310 Å². The Morgan fingerprint density at radius 1 is 0.788 bits per heavy atom. The van der Waals surface area contributed by atoms with Crippen LogP contribution in [0.25, 0.3) is 0 Å². The topological polar surface area (TPSA) is 161 Å². The van der Waals surface area contributed by atoms with Crippen LogP contribution in [-0.4, -0.2) is 105 Å². The van der Waals surface area contributed by atoms with Gasteiger partial charge in [-0.25, -0.2) is 4.98 Å². The lowest BCUT2D eigenvalue weighted by Crippen LogP contribution is -2.60. The van der Waals surface area contributed by atoms with Gasteiger partial charge in [-0.05, 0) is 50.0 Å². The van der Waals surface area contributed by atoms with Crippen LogP contribution >= 0.6 is 11.3 Å². The number of thiazole rings is 1. The molecule has 1 aromatic carbocycles. The van der Waals surface area contributed by atoms with Gasteiger partial charge in [0.1, 0.15) is 40.9 Å². The fraction of sp³-hybridized carbons (Fsp3) is 0.605. The summed E-state index contributed by atoms with van der Waals surface area (Å²) in [6, 6.07) is 4.35. The summed E-state index contributed by atoms with van der Waals surface area (Å²) in [5.41, 5.74) is 0.964. The molecule has 6 amide bonds. The van der Waals surface area contributed by atoms with Crippen LogP contribution in [0.5, 0.6) is 0 Å². The third kappa shape index (κ3) is 8.32. The minimum absolute atomic E-state index is 0.0340. The van der Waals surface area contributed by atoms with Crippen molar-refractivity contribution in [2.75, 3.05) is 20.1 Å². The average molecular weight is 736 g/mol. The molecule has 282 valence electrons. The highest BCUT2D eigenvalue weighted by molar-refractivity contribution is 7.09. The van der Waals surface area contributed by atoms with Gasteiger partial charge in [0.05, 0.1) is 6.04 Å². The maximum Gasteiger partial charge on any atom is 0.273 e. The molecule has 4 heterocycles. The minimum atomic E-state index is -1.01. The first-order chi connectivity index (χ1) is 24.9. The first kappa shape index (κ1) is 38.9. The minimum Gasteiger partial charge on any atom is -0.345 e. The number of carbonyl (C=O) groups excluding carboxylic acids is 6. The lowest BCUT2D eigenvalue weighted by molar-refractivity contribution is -0.145. The highest BCUT2D eigenvalue weighted by Gasteiger charge is 2.43. The van der Waals surface area contributed by atoms with E-state index >= 15 is 0 Å². The number of likely N-dealkylation sites (N-methyl/N-ethyl adjacent to an activating group) is 1. The number of amides is 6. The molecule has 2 fully saturated rings. The summed E-state index contributed by atoms with van der Waals surface area (Å²) in [6.45, 7) is 10.1. The first-order valence-corrected chi connectivity index (χ1v) is 19.5. The summed E-state index contributed by atoms with van der Waals surface area (Å²) in [4.78, 5) is 93.2. The van der Waals surface area contributed by atoms with Crippen LogP contribution in [0.3, 0.4) is 0 Å². The van der Waals surface area contributed by atoms with Gasteiger partial charge in [0.2, 0.25) is 29.5 Å². The van der Waals surface area contributed by atoms with Crippen LogP contribution in [0, 0.1) is 11.8 Å².